The summed E-state index contributed by atoms with van der Waals surface area (Å²) in [6.45, 7) is 6.91. The van der Waals surface area contributed by atoms with Crippen molar-refractivity contribution >= 4 is 0 Å². The lowest BCUT2D eigenvalue weighted by atomic mass is 9.86. The quantitative estimate of drug-likeness (QED) is 0.406. The summed E-state index contributed by atoms with van der Waals surface area (Å²) in [6, 6.07) is 0. The maximum Gasteiger partial charge on any atom is 0.0569 e. The molecule has 130 valence electrons. The van der Waals surface area contributed by atoms with Crippen molar-refractivity contribution in [3.8, 4) is 0 Å². The third-order valence-electron chi connectivity index (χ3n) is 5.31. The van der Waals surface area contributed by atoms with Crippen LogP contribution in [-0.2, 0) is 0 Å². The Balaban J connectivity index is 2.07. The molecule has 0 amide bonds. The van der Waals surface area contributed by atoms with E-state index in [1.807, 2.05) is 6.20 Å². The van der Waals surface area contributed by atoms with Crippen molar-refractivity contribution in [2.75, 3.05) is 0 Å². The van der Waals surface area contributed by atoms with E-state index in [1.165, 1.54) is 83.5 Å². The van der Waals surface area contributed by atoms with Gasteiger partial charge in [0.05, 0.1) is 5.54 Å². The van der Waals surface area contributed by atoms with E-state index in [0.717, 1.165) is 0 Å². The van der Waals surface area contributed by atoms with E-state index in [4.69, 9.17) is 0 Å². The van der Waals surface area contributed by atoms with E-state index in [2.05, 4.69) is 42.9 Å². The summed E-state index contributed by atoms with van der Waals surface area (Å²) in [6.07, 6.45) is 21.9. The number of hydrazine groups is 2. The summed E-state index contributed by atoms with van der Waals surface area (Å²) >= 11 is 0. The highest BCUT2D eigenvalue weighted by Crippen LogP contribution is 2.30. The molecule has 0 spiro atoms. The van der Waals surface area contributed by atoms with E-state index >= 15 is 0 Å². The van der Waals surface area contributed by atoms with Gasteiger partial charge < -0.3 is 5.43 Å². The number of unbranched alkanes of at least 4 members (excludes halogenated alkanes) is 9. The summed E-state index contributed by atoms with van der Waals surface area (Å²) in [5.41, 5.74) is 6.62. The molecule has 1 aliphatic rings. The summed E-state index contributed by atoms with van der Waals surface area (Å²) in [5, 5.41) is 2.28. The van der Waals surface area contributed by atoms with Crippen LogP contribution in [0.5, 0.6) is 0 Å². The highest BCUT2D eigenvalue weighted by atomic mass is 15.7. The summed E-state index contributed by atoms with van der Waals surface area (Å²) in [4.78, 5) is 0. The molecule has 0 aromatic carbocycles. The third-order valence-corrected chi connectivity index (χ3v) is 5.31. The number of hydrogen-bond acceptors (Lipinski definition) is 3. The zero-order chi connectivity index (χ0) is 16.1. The minimum atomic E-state index is 0.278. The highest BCUT2D eigenvalue weighted by molar-refractivity contribution is 4.96. The van der Waals surface area contributed by atoms with E-state index in [0.29, 0.717) is 0 Å². The first-order chi connectivity index (χ1) is 10.8. The molecule has 0 bridgehead atoms. The smallest absolute Gasteiger partial charge is 0.0569 e. The van der Waals surface area contributed by atoms with Crippen molar-refractivity contribution in [3.05, 3.63) is 12.4 Å². The van der Waals surface area contributed by atoms with Gasteiger partial charge in [0.2, 0.25) is 0 Å². The lowest BCUT2D eigenvalue weighted by Crippen LogP contribution is -2.52. The molecule has 22 heavy (non-hydrogen) atoms. The Hall–Kier alpha value is -0.700. The van der Waals surface area contributed by atoms with Crippen LogP contribution < -0.4 is 11.0 Å². The molecule has 0 aromatic heterocycles. The van der Waals surface area contributed by atoms with Gasteiger partial charge in [-0.2, -0.15) is 0 Å². The van der Waals surface area contributed by atoms with Gasteiger partial charge in [0, 0.05) is 12.4 Å². The Labute approximate surface area is 138 Å². The van der Waals surface area contributed by atoms with Crippen LogP contribution >= 0.6 is 0 Å². The van der Waals surface area contributed by atoms with Gasteiger partial charge in [-0.3, -0.25) is 5.01 Å². The SMILES string of the molecule is CCCCCCCCCCCCC(CC)(CC)N1C=CNN1. The fourth-order valence-electron chi connectivity index (χ4n) is 3.54. The lowest BCUT2D eigenvalue weighted by molar-refractivity contribution is 0.0681. The fourth-order valence-corrected chi connectivity index (χ4v) is 3.54. The van der Waals surface area contributed by atoms with Gasteiger partial charge in [-0.25, -0.2) is 0 Å². The molecule has 0 radical (unpaired) electrons. The minimum absolute atomic E-state index is 0.278. The minimum Gasteiger partial charge on any atom is -0.310 e. The standard InChI is InChI=1S/C19H39N3/c1-4-7-8-9-10-11-12-13-14-15-16-19(5-2,6-3)22-18-17-20-21-22/h17-18,20-21H,4-16H2,1-3H3. The van der Waals surface area contributed by atoms with Gasteiger partial charge in [-0.05, 0) is 19.3 Å². The Morgan fingerprint density at radius 2 is 1.32 bits per heavy atom. The first kappa shape index (κ1) is 19.3. The van der Waals surface area contributed by atoms with Crippen molar-refractivity contribution in [1.29, 1.82) is 0 Å². The van der Waals surface area contributed by atoms with E-state index < -0.39 is 0 Å². The fraction of sp³-hybridized carbons (Fsp3) is 0.895. The molecule has 2 N–H and O–H groups in total. The van der Waals surface area contributed by atoms with Crippen LogP contribution in [0.2, 0.25) is 0 Å². The zero-order valence-electron chi connectivity index (χ0n) is 15.3. The van der Waals surface area contributed by atoms with Crippen LogP contribution in [0.1, 0.15) is 104 Å². The van der Waals surface area contributed by atoms with Gasteiger partial charge in [0.1, 0.15) is 0 Å². The number of rotatable bonds is 14. The number of nitrogens with zero attached hydrogens (tertiary/aromatic N) is 1. The molecule has 3 nitrogen and oxygen atoms in total. The van der Waals surface area contributed by atoms with Crippen LogP contribution in [-0.4, -0.2) is 10.5 Å². The second kappa shape index (κ2) is 11.8. The normalized spacial score (nSPS) is 14.6. The Morgan fingerprint density at radius 1 is 0.773 bits per heavy atom. The number of hydrogen-bond donors (Lipinski definition) is 2. The molecule has 0 fully saturated rings. The molecule has 0 saturated heterocycles. The second-order valence-corrected chi connectivity index (χ2v) is 6.81. The Kier molecular flexibility index (Phi) is 10.4. The Morgan fingerprint density at radius 3 is 1.77 bits per heavy atom. The first-order valence-electron chi connectivity index (χ1n) is 9.76. The van der Waals surface area contributed by atoms with Crippen molar-refractivity contribution in [3.63, 3.8) is 0 Å². The lowest BCUT2D eigenvalue weighted by Gasteiger charge is -2.40. The van der Waals surface area contributed by atoms with Crippen LogP contribution in [0.3, 0.4) is 0 Å². The average molecular weight is 310 g/mol. The molecule has 1 rings (SSSR count). The maximum atomic E-state index is 3.26. The molecule has 1 heterocycles. The molecule has 0 saturated carbocycles. The Bertz CT molecular complexity index is 284. The summed E-state index contributed by atoms with van der Waals surface area (Å²) < 4.78 is 0. The molecule has 3 heteroatoms. The van der Waals surface area contributed by atoms with Gasteiger partial charge in [0.25, 0.3) is 0 Å². The molecule has 0 aromatic rings. The first-order valence-corrected chi connectivity index (χ1v) is 9.76. The predicted octanol–water partition coefficient (Wildman–Crippen LogP) is 5.65. The summed E-state index contributed by atoms with van der Waals surface area (Å²) in [7, 11) is 0. The third kappa shape index (κ3) is 6.60. The van der Waals surface area contributed by atoms with Crippen LogP contribution in [0.25, 0.3) is 0 Å². The monoisotopic (exact) mass is 309 g/mol. The van der Waals surface area contributed by atoms with Crippen LogP contribution in [0.15, 0.2) is 12.4 Å². The van der Waals surface area contributed by atoms with E-state index in [1.54, 1.807) is 0 Å². The molecule has 1 aliphatic heterocycles. The molecular weight excluding hydrogens is 270 g/mol. The van der Waals surface area contributed by atoms with Crippen molar-refractivity contribution in [2.24, 2.45) is 0 Å². The topological polar surface area (TPSA) is 27.3 Å². The van der Waals surface area contributed by atoms with Crippen molar-refractivity contribution < 1.29 is 0 Å². The molecule has 0 aliphatic carbocycles. The molecular formula is C19H39N3. The average Bonchev–Trinajstić information content (AvgIpc) is 3.08. The van der Waals surface area contributed by atoms with Gasteiger partial charge in [0.15, 0.2) is 0 Å². The van der Waals surface area contributed by atoms with Gasteiger partial charge >= 0.3 is 0 Å². The van der Waals surface area contributed by atoms with Crippen molar-refractivity contribution in [2.45, 2.75) is 110 Å². The van der Waals surface area contributed by atoms with Gasteiger partial charge in [-0.1, -0.05) is 85.0 Å². The maximum absolute atomic E-state index is 3.26. The largest absolute Gasteiger partial charge is 0.310 e. The van der Waals surface area contributed by atoms with Crippen LogP contribution in [0.4, 0.5) is 0 Å². The van der Waals surface area contributed by atoms with E-state index in [-0.39, 0.29) is 5.54 Å². The zero-order valence-corrected chi connectivity index (χ0v) is 15.3. The second-order valence-electron chi connectivity index (χ2n) is 6.81. The van der Waals surface area contributed by atoms with Crippen molar-refractivity contribution in [1.82, 2.24) is 16.0 Å². The van der Waals surface area contributed by atoms with Crippen LogP contribution in [0, 0.1) is 0 Å². The van der Waals surface area contributed by atoms with E-state index in [9.17, 15) is 0 Å². The molecule has 0 unspecified atom stereocenters. The molecule has 0 atom stereocenters. The highest BCUT2D eigenvalue weighted by Gasteiger charge is 2.32. The number of nitrogens with one attached hydrogen (secondary N) is 2. The van der Waals surface area contributed by atoms with Gasteiger partial charge in [-0.15, -0.1) is 5.53 Å². The predicted molar refractivity (Wildman–Crippen MR) is 97.0 cm³/mol. The summed E-state index contributed by atoms with van der Waals surface area (Å²) in [5.74, 6) is 0.